The zero-order valence-electron chi connectivity index (χ0n) is 23.7. The fraction of sp³-hybridized carbons (Fsp3) is 0.375. The molecule has 8 rings (SSSR count). The van der Waals surface area contributed by atoms with Crippen molar-refractivity contribution >= 4 is 40.3 Å². The minimum Gasteiger partial charge on any atom is -0.385 e. The number of aromatic nitrogens is 4. The number of hydrogen-bond donors (Lipinski definition) is 2. The first-order valence-corrected chi connectivity index (χ1v) is 14.9. The summed E-state index contributed by atoms with van der Waals surface area (Å²) in [5.41, 5.74) is 5.56. The molecule has 4 aliphatic rings. The number of hydrogen-bond acceptors (Lipinski definition) is 7. The van der Waals surface area contributed by atoms with E-state index in [1.807, 2.05) is 17.8 Å². The summed E-state index contributed by atoms with van der Waals surface area (Å²) in [5, 5.41) is 11.8. The summed E-state index contributed by atoms with van der Waals surface area (Å²) >= 11 is 0. The molecule has 2 aliphatic carbocycles. The number of fused-ring (bicyclic) bond motifs is 2. The van der Waals surface area contributed by atoms with Crippen molar-refractivity contribution in [2.45, 2.75) is 56.5 Å². The fourth-order valence-electron chi connectivity index (χ4n) is 6.66. The second-order valence-corrected chi connectivity index (χ2v) is 12.3. The molecule has 43 heavy (non-hydrogen) atoms. The Kier molecular flexibility index (Phi) is 5.79. The Balaban J connectivity index is 0.925. The lowest BCUT2D eigenvalue weighted by atomic mass is 9.80. The lowest BCUT2D eigenvalue weighted by Gasteiger charge is -2.35. The Hall–Kier alpha value is -4.80. The predicted octanol–water partition coefficient (Wildman–Crippen LogP) is 3.78. The van der Waals surface area contributed by atoms with Gasteiger partial charge in [-0.05, 0) is 74.4 Å². The summed E-state index contributed by atoms with van der Waals surface area (Å²) in [6.45, 7) is 0.740. The number of carbonyl (C=O) groups is 4. The van der Waals surface area contributed by atoms with Crippen LogP contribution in [-0.2, 0) is 16.6 Å². The lowest BCUT2D eigenvalue weighted by Crippen LogP contribution is -2.54. The van der Waals surface area contributed by atoms with Crippen LogP contribution < -0.4 is 10.6 Å². The van der Waals surface area contributed by atoms with Gasteiger partial charge >= 0.3 is 0 Å². The van der Waals surface area contributed by atoms with Crippen molar-refractivity contribution in [2.24, 2.45) is 13.0 Å². The molecule has 0 spiro atoms. The summed E-state index contributed by atoms with van der Waals surface area (Å²) < 4.78 is 4.19. The van der Waals surface area contributed by atoms with E-state index in [1.165, 1.54) is 12.8 Å². The van der Waals surface area contributed by atoms with E-state index in [4.69, 9.17) is 10.1 Å². The van der Waals surface area contributed by atoms with Gasteiger partial charge in [0.15, 0.2) is 0 Å². The Morgan fingerprint density at radius 3 is 2.56 bits per heavy atom. The smallest absolute Gasteiger partial charge is 0.262 e. The summed E-state index contributed by atoms with van der Waals surface area (Å²) in [7, 11) is 2.02. The van der Waals surface area contributed by atoms with Gasteiger partial charge in [-0.25, -0.2) is 4.98 Å². The van der Waals surface area contributed by atoms with Gasteiger partial charge in [0.2, 0.25) is 11.8 Å². The number of piperidine rings is 1. The molecule has 4 aromatic rings. The van der Waals surface area contributed by atoms with Gasteiger partial charge in [-0.2, -0.15) is 5.10 Å². The van der Waals surface area contributed by atoms with Crippen molar-refractivity contribution < 1.29 is 19.2 Å². The average Bonchev–Trinajstić information content (AvgIpc) is 3.56. The van der Waals surface area contributed by atoms with Gasteiger partial charge in [-0.15, -0.1) is 0 Å². The maximum atomic E-state index is 13.1. The molecule has 3 aromatic heterocycles. The first-order valence-electron chi connectivity index (χ1n) is 14.9. The highest BCUT2D eigenvalue weighted by Gasteiger charge is 2.44. The highest BCUT2D eigenvalue weighted by atomic mass is 16.2. The number of benzene rings is 1. The fourth-order valence-corrected chi connectivity index (χ4v) is 6.66. The zero-order valence-corrected chi connectivity index (χ0v) is 23.7. The van der Waals surface area contributed by atoms with Crippen LogP contribution in [0.1, 0.15) is 76.9 Å². The van der Waals surface area contributed by atoms with Crippen LogP contribution in [0.25, 0.3) is 22.3 Å². The Morgan fingerprint density at radius 2 is 1.77 bits per heavy atom. The number of imide groups is 2. The molecule has 3 fully saturated rings. The van der Waals surface area contributed by atoms with Crippen molar-refractivity contribution in [3.63, 3.8) is 0 Å². The van der Waals surface area contributed by atoms with E-state index in [-0.39, 0.29) is 29.9 Å². The third-order valence-corrected chi connectivity index (χ3v) is 9.34. The number of nitrogens with one attached hydrogen (secondary N) is 2. The molecule has 2 saturated carbocycles. The van der Waals surface area contributed by atoms with Crippen LogP contribution in [0.2, 0.25) is 0 Å². The molecule has 11 heteroatoms. The standard InChI is InChI=1S/C32H31N7O4/c1-37-11-10-19-4-7-25(34-29(19)37)24-16-38(36-28(24)18-2-3-18)21-12-17(13-21)15-33-20-5-6-22-23(14-20)32(43)39(31(22)42)26-8-9-27(40)35-30(26)41/h4-7,10-11,14,16-18,21,26,33H,2-3,8-9,12-13,15H2,1H3,(H,35,40,41). The Bertz CT molecular complexity index is 1850. The normalized spacial score (nSPS) is 23.5. The van der Waals surface area contributed by atoms with Gasteiger partial charge in [0, 0.05) is 55.0 Å². The number of carbonyl (C=O) groups excluding carboxylic acids is 4. The molecule has 0 bridgehead atoms. The van der Waals surface area contributed by atoms with E-state index in [1.54, 1.807) is 18.2 Å². The SMILES string of the molecule is Cn1ccc2ccc(-c3cn(C4CC(CNc5ccc6c(c5)C(=O)N(C5CCC(=O)NC5=O)C6=O)C4)nc3C3CC3)nc21. The molecule has 2 aliphatic heterocycles. The monoisotopic (exact) mass is 577 g/mol. The molecule has 2 N–H and O–H groups in total. The Labute approximate surface area is 247 Å². The van der Waals surface area contributed by atoms with Gasteiger partial charge in [0.1, 0.15) is 11.7 Å². The van der Waals surface area contributed by atoms with Crippen molar-refractivity contribution in [1.82, 2.24) is 29.5 Å². The van der Waals surface area contributed by atoms with Crippen molar-refractivity contribution in [3.8, 4) is 11.3 Å². The predicted molar refractivity (Wildman–Crippen MR) is 157 cm³/mol. The van der Waals surface area contributed by atoms with E-state index in [2.05, 4.69) is 39.7 Å². The number of amides is 4. The van der Waals surface area contributed by atoms with Gasteiger partial charge in [-0.3, -0.25) is 34.1 Å². The van der Waals surface area contributed by atoms with Crippen LogP contribution in [0.4, 0.5) is 5.69 Å². The van der Waals surface area contributed by atoms with E-state index >= 15 is 0 Å². The van der Waals surface area contributed by atoms with Crippen LogP contribution in [0.3, 0.4) is 0 Å². The number of rotatable bonds is 7. The van der Waals surface area contributed by atoms with Crippen molar-refractivity contribution in [1.29, 1.82) is 0 Å². The molecule has 218 valence electrons. The topological polar surface area (TPSA) is 131 Å². The van der Waals surface area contributed by atoms with E-state index in [0.29, 0.717) is 17.9 Å². The maximum absolute atomic E-state index is 13.1. The molecule has 0 radical (unpaired) electrons. The number of nitrogens with zero attached hydrogens (tertiary/aromatic N) is 5. The number of aryl methyl sites for hydroxylation is 1. The van der Waals surface area contributed by atoms with Gasteiger partial charge in [0.25, 0.3) is 11.8 Å². The molecule has 4 amide bonds. The van der Waals surface area contributed by atoms with E-state index < -0.39 is 23.8 Å². The molecule has 1 atom stereocenters. The second kappa shape index (κ2) is 9.62. The van der Waals surface area contributed by atoms with Gasteiger partial charge < -0.3 is 9.88 Å². The summed E-state index contributed by atoms with van der Waals surface area (Å²) in [5.74, 6) is -1.02. The number of pyridine rings is 1. The van der Waals surface area contributed by atoms with Crippen LogP contribution in [0.5, 0.6) is 0 Å². The minimum absolute atomic E-state index is 0.0982. The van der Waals surface area contributed by atoms with Crippen LogP contribution >= 0.6 is 0 Å². The van der Waals surface area contributed by atoms with E-state index in [0.717, 1.165) is 58.0 Å². The quantitative estimate of drug-likeness (QED) is 0.320. The van der Waals surface area contributed by atoms with Gasteiger partial charge in [0.05, 0.1) is 28.6 Å². The highest BCUT2D eigenvalue weighted by Crippen LogP contribution is 2.45. The molecule has 5 heterocycles. The largest absolute Gasteiger partial charge is 0.385 e. The average molecular weight is 578 g/mol. The molecular formula is C32H31N7O4. The summed E-state index contributed by atoms with van der Waals surface area (Å²) in [4.78, 5) is 55.9. The third kappa shape index (κ3) is 4.33. The third-order valence-electron chi connectivity index (χ3n) is 9.34. The first kappa shape index (κ1) is 25.9. The lowest BCUT2D eigenvalue weighted by molar-refractivity contribution is -0.136. The number of anilines is 1. The van der Waals surface area contributed by atoms with Crippen LogP contribution in [0.15, 0.2) is 48.8 Å². The second-order valence-electron chi connectivity index (χ2n) is 12.3. The molecule has 1 unspecified atom stereocenters. The molecule has 1 saturated heterocycles. The molecule has 11 nitrogen and oxygen atoms in total. The van der Waals surface area contributed by atoms with E-state index in [9.17, 15) is 19.2 Å². The first-order chi connectivity index (χ1) is 20.8. The van der Waals surface area contributed by atoms with Crippen molar-refractivity contribution in [2.75, 3.05) is 11.9 Å². The minimum atomic E-state index is -0.964. The summed E-state index contributed by atoms with van der Waals surface area (Å²) in [6.07, 6.45) is 8.79. The Morgan fingerprint density at radius 1 is 0.953 bits per heavy atom. The highest BCUT2D eigenvalue weighted by molar-refractivity contribution is 6.23. The van der Waals surface area contributed by atoms with Gasteiger partial charge in [-0.1, -0.05) is 0 Å². The van der Waals surface area contributed by atoms with Crippen molar-refractivity contribution in [3.05, 3.63) is 65.6 Å². The van der Waals surface area contributed by atoms with Crippen LogP contribution in [0, 0.1) is 5.92 Å². The molecule has 1 aromatic carbocycles. The molecular weight excluding hydrogens is 546 g/mol. The maximum Gasteiger partial charge on any atom is 0.262 e. The summed E-state index contributed by atoms with van der Waals surface area (Å²) in [6, 6.07) is 10.8. The zero-order chi connectivity index (χ0) is 29.4. The van der Waals surface area contributed by atoms with Crippen LogP contribution in [-0.4, -0.2) is 60.4 Å².